The van der Waals surface area contributed by atoms with Gasteiger partial charge in [-0.1, -0.05) is 0 Å². The Bertz CT molecular complexity index is 428. The van der Waals surface area contributed by atoms with E-state index in [0.29, 0.717) is 5.92 Å². The highest BCUT2D eigenvalue weighted by molar-refractivity contribution is 7.98. The van der Waals surface area contributed by atoms with Crippen molar-refractivity contribution in [1.82, 2.24) is 5.32 Å². The first-order valence-electron chi connectivity index (χ1n) is 7.03. The van der Waals surface area contributed by atoms with Crippen molar-refractivity contribution in [3.63, 3.8) is 0 Å². The van der Waals surface area contributed by atoms with Crippen LogP contribution in [0.1, 0.15) is 25.7 Å². The number of nitrogens with one attached hydrogen (secondary N) is 2. The van der Waals surface area contributed by atoms with Crippen LogP contribution in [0.3, 0.4) is 0 Å². The number of carbonyl (C=O) groups is 1. The fraction of sp³-hybridized carbons (Fsp3) is 0.533. The maximum atomic E-state index is 11.9. The van der Waals surface area contributed by atoms with Crippen molar-refractivity contribution < 1.29 is 9.90 Å². The molecule has 1 saturated carbocycles. The lowest BCUT2D eigenvalue weighted by Gasteiger charge is -2.27. The van der Waals surface area contributed by atoms with Crippen LogP contribution in [-0.2, 0) is 0 Å². The zero-order valence-corrected chi connectivity index (χ0v) is 12.6. The number of aliphatic hydroxyl groups excluding tert-OH is 1. The normalized spacial score (nSPS) is 22.3. The molecule has 1 fully saturated rings. The van der Waals surface area contributed by atoms with Crippen molar-refractivity contribution in [3.05, 3.63) is 24.3 Å². The third-order valence-electron chi connectivity index (χ3n) is 3.79. The maximum absolute atomic E-state index is 11.9. The van der Waals surface area contributed by atoms with Gasteiger partial charge in [-0.15, -0.1) is 11.8 Å². The van der Waals surface area contributed by atoms with Crippen molar-refractivity contribution in [2.45, 2.75) is 36.6 Å². The third kappa shape index (κ3) is 4.42. The van der Waals surface area contributed by atoms with Crippen LogP contribution in [0, 0.1) is 5.92 Å². The van der Waals surface area contributed by atoms with Crippen LogP contribution < -0.4 is 10.6 Å². The second kappa shape index (κ2) is 7.55. The molecule has 1 aliphatic rings. The molecule has 1 aromatic carbocycles. The molecule has 110 valence electrons. The summed E-state index contributed by atoms with van der Waals surface area (Å²) in [7, 11) is 0. The lowest BCUT2D eigenvalue weighted by atomic mass is 9.87. The molecule has 0 unspecified atom stereocenters. The first-order chi connectivity index (χ1) is 9.71. The van der Waals surface area contributed by atoms with Gasteiger partial charge in [0.1, 0.15) is 0 Å². The lowest BCUT2D eigenvalue weighted by molar-refractivity contribution is 0.176. The number of benzene rings is 1. The number of amides is 2. The Morgan fingerprint density at radius 3 is 2.45 bits per heavy atom. The SMILES string of the molecule is CSc1ccc(NC(=O)NC2CCC(CO)CC2)cc1. The minimum Gasteiger partial charge on any atom is -0.396 e. The smallest absolute Gasteiger partial charge is 0.319 e. The fourth-order valence-corrected chi connectivity index (χ4v) is 2.92. The molecule has 0 atom stereocenters. The van der Waals surface area contributed by atoms with E-state index in [1.807, 2.05) is 30.5 Å². The zero-order chi connectivity index (χ0) is 14.4. The van der Waals surface area contributed by atoms with Crippen molar-refractivity contribution in [3.8, 4) is 0 Å². The van der Waals surface area contributed by atoms with Gasteiger partial charge in [-0.3, -0.25) is 0 Å². The molecule has 0 radical (unpaired) electrons. The van der Waals surface area contributed by atoms with Crippen LogP contribution in [0.4, 0.5) is 10.5 Å². The van der Waals surface area contributed by atoms with Crippen LogP contribution in [-0.4, -0.2) is 30.0 Å². The van der Waals surface area contributed by atoms with Gasteiger partial charge in [0.2, 0.25) is 0 Å². The van der Waals surface area contributed by atoms with Crippen LogP contribution in [0.25, 0.3) is 0 Å². The highest BCUT2D eigenvalue weighted by atomic mass is 32.2. The van der Waals surface area contributed by atoms with Gasteiger partial charge >= 0.3 is 6.03 Å². The molecular formula is C15H22N2O2S. The van der Waals surface area contributed by atoms with E-state index in [9.17, 15) is 4.79 Å². The fourth-order valence-electron chi connectivity index (χ4n) is 2.52. The molecule has 0 aromatic heterocycles. The Hall–Kier alpha value is -1.20. The minimum absolute atomic E-state index is 0.144. The van der Waals surface area contributed by atoms with Crippen molar-refractivity contribution in [2.24, 2.45) is 5.92 Å². The van der Waals surface area contributed by atoms with Crippen molar-refractivity contribution in [2.75, 3.05) is 18.2 Å². The summed E-state index contributed by atoms with van der Waals surface area (Å²) in [5.41, 5.74) is 0.810. The first-order valence-corrected chi connectivity index (χ1v) is 8.26. The van der Waals surface area contributed by atoms with Gasteiger partial charge in [0, 0.05) is 23.2 Å². The Morgan fingerprint density at radius 1 is 1.25 bits per heavy atom. The summed E-state index contributed by atoms with van der Waals surface area (Å²) in [6.45, 7) is 0.265. The standard InChI is InChI=1S/C15H22N2O2S/c1-20-14-8-6-13(7-9-14)17-15(19)16-12-4-2-11(10-18)3-5-12/h6-9,11-12,18H,2-5,10H2,1H3,(H2,16,17,19). The van der Waals surface area contributed by atoms with Gasteiger partial charge in [-0.05, 0) is 62.1 Å². The number of anilines is 1. The van der Waals surface area contributed by atoms with E-state index < -0.39 is 0 Å². The van der Waals surface area contributed by atoms with E-state index in [4.69, 9.17) is 5.11 Å². The average molecular weight is 294 g/mol. The zero-order valence-electron chi connectivity index (χ0n) is 11.8. The average Bonchev–Trinajstić information content (AvgIpc) is 2.49. The molecule has 4 nitrogen and oxygen atoms in total. The molecule has 2 amide bonds. The van der Waals surface area contributed by atoms with Crippen LogP contribution in [0.2, 0.25) is 0 Å². The number of urea groups is 1. The summed E-state index contributed by atoms with van der Waals surface area (Å²) >= 11 is 1.68. The van der Waals surface area contributed by atoms with E-state index in [-0.39, 0.29) is 18.7 Å². The summed E-state index contributed by atoms with van der Waals surface area (Å²) in [5, 5.41) is 15.0. The summed E-state index contributed by atoms with van der Waals surface area (Å²) in [6.07, 6.45) is 5.90. The van der Waals surface area contributed by atoms with E-state index >= 15 is 0 Å². The molecule has 0 aliphatic heterocycles. The van der Waals surface area contributed by atoms with Crippen LogP contribution in [0.15, 0.2) is 29.2 Å². The largest absolute Gasteiger partial charge is 0.396 e. The Balaban J connectivity index is 1.77. The van der Waals surface area contributed by atoms with Crippen molar-refractivity contribution >= 4 is 23.5 Å². The molecule has 20 heavy (non-hydrogen) atoms. The quantitative estimate of drug-likeness (QED) is 0.748. The lowest BCUT2D eigenvalue weighted by Crippen LogP contribution is -2.40. The van der Waals surface area contributed by atoms with Gasteiger partial charge < -0.3 is 15.7 Å². The van der Waals surface area contributed by atoms with Crippen LogP contribution >= 0.6 is 11.8 Å². The molecule has 0 bridgehead atoms. The Labute approximate surface area is 124 Å². The molecule has 3 N–H and O–H groups in total. The molecule has 1 aliphatic carbocycles. The number of rotatable bonds is 4. The second-order valence-corrected chi connectivity index (χ2v) is 6.11. The molecule has 5 heteroatoms. The molecule has 0 saturated heterocycles. The predicted octanol–water partition coefficient (Wildman–Crippen LogP) is 3.08. The van der Waals surface area contributed by atoms with Crippen molar-refractivity contribution in [1.29, 1.82) is 0 Å². The molecular weight excluding hydrogens is 272 g/mol. The summed E-state index contributed by atoms with van der Waals surface area (Å²) in [4.78, 5) is 13.1. The monoisotopic (exact) mass is 294 g/mol. The first kappa shape index (κ1) is 15.2. The topological polar surface area (TPSA) is 61.4 Å². The number of thioether (sulfide) groups is 1. The minimum atomic E-state index is -0.144. The predicted molar refractivity (Wildman–Crippen MR) is 83.2 cm³/mol. The van der Waals surface area contributed by atoms with Gasteiger partial charge in [0.15, 0.2) is 0 Å². The number of carbonyl (C=O) groups excluding carboxylic acids is 1. The molecule has 2 rings (SSSR count). The molecule has 1 aromatic rings. The van der Waals surface area contributed by atoms with Crippen LogP contribution in [0.5, 0.6) is 0 Å². The van der Waals surface area contributed by atoms with Gasteiger partial charge in [0.25, 0.3) is 0 Å². The molecule has 0 heterocycles. The van der Waals surface area contributed by atoms with E-state index in [2.05, 4.69) is 10.6 Å². The number of aliphatic hydroxyl groups is 1. The van der Waals surface area contributed by atoms with E-state index in [1.54, 1.807) is 11.8 Å². The summed E-state index contributed by atoms with van der Waals surface area (Å²) < 4.78 is 0. The number of hydrogen-bond acceptors (Lipinski definition) is 3. The Morgan fingerprint density at radius 2 is 1.90 bits per heavy atom. The van der Waals surface area contributed by atoms with Gasteiger partial charge in [0.05, 0.1) is 0 Å². The van der Waals surface area contributed by atoms with E-state index in [0.717, 1.165) is 31.4 Å². The summed E-state index contributed by atoms with van der Waals surface area (Å²) in [5.74, 6) is 0.412. The maximum Gasteiger partial charge on any atom is 0.319 e. The molecule has 0 spiro atoms. The Kier molecular flexibility index (Phi) is 5.73. The van der Waals surface area contributed by atoms with E-state index in [1.165, 1.54) is 4.90 Å². The third-order valence-corrected chi connectivity index (χ3v) is 4.53. The summed E-state index contributed by atoms with van der Waals surface area (Å²) in [6, 6.07) is 7.89. The van der Waals surface area contributed by atoms with Gasteiger partial charge in [-0.25, -0.2) is 4.79 Å². The number of hydrogen-bond donors (Lipinski definition) is 3. The highest BCUT2D eigenvalue weighted by Crippen LogP contribution is 2.23. The van der Waals surface area contributed by atoms with Gasteiger partial charge in [-0.2, -0.15) is 0 Å². The second-order valence-electron chi connectivity index (χ2n) is 5.23. The highest BCUT2D eigenvalue weighted by Gasteiger charge is 2.21.